The van der Waals surface area contributed by atoms with Crippen molar-refractivity contribution < 1.29 is 4.74 Å². The van der Waals surface area contributed by atoms with E-state index in [1.165, 1.54) is 12.8 Å². The van der Waals surface area contributed by atoms with E-state index in [0.717, 1.165) is 55.3 Å². The van der Waals surface area contributed by atoms with Crippen LogP contribution in [0.5, 0.6) is 0 Å². The fourth-order valence-corrected chi connectivity index (χ4v) is 3.17. The fraction of sp³-hybridized carbons (Fsp3) is 0.846. The summed E-state index contributed by atoms with van der Waals surface area (Å²) in [5, 5.41) is 13.8. The molecule has 2 heterocycles. The van der Waals surface area contributed by atoms with Gasteiger partial charge in [-0.3, -0.25) is 4.90 Å². The van der Waals surface area contributed by atoms with Crippen LogP contribution in [-0.2, 0) is 11.3 Å². The Morgan fingerprint density at radius 2 is 2.16 bits per heavy atom. The molecule has 1 fully saturated rings. The first kappa shape index (κ1) is 14.7. The van der Waals surface area contributed by atoms with Crippen LogP contribution in [0, 0.1) is 5.92 Å². The van der Waals surface area contributed by atoms with Crippen LogP contribution >= 0.6 is 11.3 Å². The van der Waals surface area contributed by atoms with Crippen molar-refractivity contribution in [3.8, 4) is 0 Å². The van der Waals surface area contributed by atoms with E-state index in [0.29, 0.717) is 0 Å². The SMILES string of the molecule is CCCNc1nnc(CN2CCC(COC)CC2)s1. The van der Waals surface area contributed by atoms with E-state index in [1.54, 1.807) is 18.4 Å². The summed E-state index contributed by atoms with van der Waals surface area (Å²) in [5.74, 6) is 0.734. The molecule has 0 unspecified atom stereocenters. The second-order valence-electron chi connectivity index (χ2n) is 5.10. The quantitative estimate of drug-likeness (QED) is 0.832. The normalized spacial score (nSPS) is 17.8. The molecule has 1 aromatic rings. The Bertz CT molecular complexity index is 363. The van der Waals surface area contributed by atoms with Crippen molar-refractivity contribution in [1.29, 1.82) is 0 Å². The van der Waals surface area contributed by atoms with Gasteiger partial charge in [0.25, 0.3) is 0 Å². The summed E-state index contributed by atoms with van der Waals surface area (Å²) < 4.78 is 5.23. The van der Waals surface area contributed by atoms with E-state index in [9.17, 15) is 0 Å². The van der Waals surface area contributed by atoms with E-state index in [-0.39, 0.29) is 0 Å². The molecule has 0 aliphatic carbocycles. The molecule has 1 aliphatic rings. The smallest absolute Gasteiger partial charge is 0.205 e. The van der Waals surface area contributed by atoms with Gasteiger partial charge in [0.1, 0.15) is 5.01 Å². The lowest BCUT2D eigenvalue weighted by atomic mass is 9.98. The van der Waals surface area contributed by atoms with Gasteiger partial charge in [-0.05, 0) is 38.3 Å². The number of nitrogens with zero attached hydrogens (tertiary/aromatic N) is 3. The first-order chi connectivity index (χ1) is 9.31. The molecule has 108 valence electrons. The molecule has 1 saturated heterocycles. The molecule has 1 N–H and O–H groups in total. The van der Waals surface area contributed by atoms with Crippen molar-refractivity contribution in [2.45, 2.75) is 32.7 Å². The van der Waals surface area contributed by atoms with Gasteiger partial charge >= 0.3 is 0 Å². The Kier molecular flexibility index (Phi) is 6.00. The highest BCUT2D eigenvalue weighted by Crippen LogP contribution is 2.21. The number of ether oxygens (including phenoxy) is 1. The summed E-state index contributed by atoms with van der Waals surface area (Å²) in [6.07, 6.45) is 3.57. The lowest BCUT2D eigenvalue weighted by molar-refractivity contribution is 0.0967. The van der Waals surface area contributed by atoms with E-state index < -0.39 is 0 Å². The number of hydrogen-bond acceptors (Lipinski definition) is 6. The van der Waals surface area contributed by atoms with Crippen molar-refractivity contribution in [3.05, 3.63) is 5.01 Å². The van der Waals surface area contributed by atoms with Crippen LogP contribution in [0.15, 0.2) is 0 Å². The second kappa shape index (κ2) is 7.77. The van der Waals surface area contributed by atoms with Crippen LogP contribution in [0.1, 0.15) is 31.2 Å². The summed E-state index contributed by atoms with van der Waals surface area (Å²) in [6, 6.07) is 0. The van der Waals surface area contributed by atoms with Gasteiger partial charge in [-0.2, -0.15) is 0 Å². The molecule has 19 heavy (non-hydrogen) atoms. The van der Waals surface area contributed by atoms with Crippen LogP contribution in [-0.4, -0.2) is 48.4 Å². The minimum Gasteiger partial charge on any atom is -0.384 e. The molecular formula is C13H24N4OS. The van der Waals surface area contributed by atoms with Gasteiger partial charge in [-0.15, -0.1) is 10.2 Å². The zero-order valence-corrected chi connectivity index (χ0v) is 12.7. The average molecular weight is 284 g/mol. The largest absolute Gasteiger partial charge is 0.384 e. The molecule has 0 saturated carbocycles. The first-order valence-corrected chi connectivity index (χ1v) is 7.91. The third-order valence-electron chi connectivity index (χ3n) is 3.46. The van der Waals surface area contributed by atoms with Gasteiger partial charge < -0.3 is 10.1 Å². The van der Waals surface area contributed by atoms with Gasteiger partial charge in [-0.1, -0.05) is 18.3 Å². The third kappa shape index (κ3) is 4.71. The maximum atomic E-state index is 5.23. The summed E-state index contributed by atoms with van der Waals surface area (Å²) in [4.78, 5) is 2.47. The topological polar surface area (TPSA) is 50.3 Å². The molecule has 0 aromatic carbocycles. The predicted octanol–water partition coefficient (Wildman–Crippen LogP) is 2.22. The zero-order chi connectivity index (χ0) is 13.5. The molecule has 1 aliphatic heterocycles. The Hall–Kier alpha value is -0.720. The third-order valence-corrected chi connectivity index (χ3v) is 4.33. The number of hydrogen-bond donors (Lipinski definition) is 1. The standard InChI is InChI=1S/C13H24N4OS/c1-3-6-14-13-16-15-12(19-13)9-17-7-4-11(5-8-17)10-18-2/h11H,3-10H2,1-2H3,(H,14,16). The highest BCUT2D eigenvalue weighted by Gasteiger charge is 2.20. The van der Waals surface area contributed by atoms with Crippen LogP contribution in [0.3, 0.4) is 0 Å². The number of piperidine rings is 1. The van der Waals surface area contributed by atoms with Crippen molar-refractivity contribution >= 4 is 16.5 Å². The number of anilines is 1. The molecule has 1 aromatic heterocycles. The summed E-state index contributed by atoms with van der Waals surface area (Å²) >= 11 is 1.68. The molecule has 0 atom stereocenters. The van der Waals surface area contributed by atoms with Gasteiger partial charge in [0.05, 0.1) is 6.54 Å². The van der Waals surface area contributed by atoms with Crippen molar-refractivity contribution in [2.75, 3.05) is 38.7 Å². The van der Waals surface area contributed by atoms with Crippen molar-refractivity contribution in [1.82, 2.24) is 15.1 Å². The number of methoxy groups -OCH3 is 1. The number of rotatable bonds is 7. The first-order valence-electron chi connectivity index (χ1n) is 7.09. The number of likely N-dealkylation sites (tertiary alicyclic amines) is 1. The van der Waals surface area contributed by atoms with E-state index >= 15 is 0 Å². The Morgan fingerprint density at radius 1 is 1.37 bits per heavy atom. The molecular weight excluding hydrogens is 260 g/mol. The van der Waals surface area contributed by atoms with E-state index in [2.05, 4.69) is 27.3 Å². The van der Waals surface area contributed by atoms with Crippen LogP contribution in [0.4, 0.5) is 5.13 Å². The van der Waals surface area contributed by atoms with E-state index in [1.807, 2.05) is 0 Å². The van der Waals surface area contributed by atoms with Crippen LogP contribution < -0.4 is 5.32 Å². The molecule has 0 radical (unpaired) electrons. The van der Waals surface area contributed by atoms with Crippen molar-refractivity contribution in [3.63, 3.8) is 0 Å². The lowest BCUT2D eigenvalue weighted by Crippen LogP contribution is -2.34. The highest BCUT2D eigenvalue weighted by atomic mass is 32.1. The Morgan fingerprint density at radius 3 is 2.84 bits per heavy atom. The zero-order valence-electron chi connectivity index (χ0n) is 11.9. The summed E-state index contributed by atoms with van der Waals surface area (Å²) in [5.41, 5.74) is 0. The average Bonchev–Trinajstić information content (AvgIpc) is 2.87. The van der Waals surface area contributed by atoms with Gasteiger partial charge in [0.2, 0.25) is 5.13 Å². The van der Waals surface area contributed by atoms with Gasteiger partial charge in [-0.25, -0.2) is 0 Å². The predicted molar refractivity (Wildman–Crippen MR) is 78.6 cm³/mol. The number of nitrogens with one attached hydrogen (secondary N) is 1. The minimum absolute atomic E-state index is 0.734. The molecule has 0 bridgehead atoms. The second-order valence-corrected chi connectivity index (χ2v) is 6.16. The van der Waals surface area contributed by atoms with Crippen LogP contribution in [0.2, 0.25) is 0 Å². The van der Waals surface area contributed by atoms with E-state index in [4.69, 9.17) is 4.74 Å². The summed E-state index contributed by atoms with van der Waals surface area (Å²) in [7, 11) is 1.79. The number of aromatic nitrogens is 2. The summed E-state index contributed by atoms with van der Waals surface area (Å²) in [6.45, 7) is 7.25. The monoisotopic (exact) mass is 284 g/mol. The van der Waals surface area contributed by atoms with Gasteiger partial charge in [0.15, 0.2) is 0 Å². The highest BCUT2D eigenvalue weighted by molar-refractivity contribution is 7.15. The maximum Gasteiger partial charge on any atom is 0.205 e. The fourth-order valence-electron chi connectivity index (χ4n) is 2.36. The molecule has 5 nitrogen and oxygen atoms in total. The van der Waals surface area contributed by atoms with Crippen LogP contribution in [0.25, 0.3) is 0 Å². The molecule has 2 rings (SSSR count). The Balaban J connectivity index is 1.74. The van der Waals surface area contributed by atoms with Gasteiger partial charge in [0, 0.05) is 20.3 Å². The lowest BCUT2D eigenvalue weighted by Gasteiger charge is -2.30. The maximum absolute atomic E-state index is 5.23. The Labute approximate surface area is 119 Å². The molecule has 0 amide bonds. The van der Waals surface area contributed by atoms with Crippen molar-refractivity contribution in [2.24, 2.45) is 5.92 Å². The molecule has 0 spiro atoms. The molecule has 6 heteroatoms. The minimum atomic E-state index is 0.734.